The van der Waals surface area contributed by atoms with E-state index >= 15 is 0 Å². The second kappa shape index (κ2) is 7.42. The molecule has 1 saturated heterocycles. The number of likely N-dealkylation sites (tertiary alicyclic amines) is 1. The van der Waals surface area contributed by atoms with Gasteiger partial charge in [0.2, 0.25) is 0 Å². The molecule has 24 heavy (non-hydrogen) atoms. The van der Waals surface area contributed by atoms with Gasteiger partial charge in [0.25, 0.3) is 0 Å². The van der Waals surface area contributed by atoms with E-state index in [-0.39, 0.29) is 12.2 Å². The van der Waals surface area contributed by atoms with Crippen LogP contribution in [0.2, 0.25) is 0 Å². The lowest BCUT2D eigenvalue weighted by atomic mass is 9.83. The molecule has 0 radical (unpaired) electrons. The van der Waals surface area contributed by atoms with Crippen LogP contribution < -0.4 is 10.1 Å². The summed E-state index contributed by atoms with van der Waals surface area (Å²) in [6.45, 7) is 5.34. The molecular weight excluding hydrogens is 300 g/mol. The van der Waals surface area contributed by atoms with Crippen LogP contribution in [0.25, 0.3) is 0 Å². The number of rotatable bonds is 7. The van der Waals surface area contributed by atoms with Crippen molar-refractivity contribution in [2.24, 2.45) is 0 Å². The van der Waals surface area contributed by atoms with E-state index in [1.807, 2.05) is 30.3 Å². The summed E-state index contributed by atoms with van der Waals surface area (Å²) < 4.78 is 12.1. The lowest BCUT2D eigenvalue weighted by Gasteiger charge is -2.46. The van der Waals surface area contributed by atoms with E-state index in [0.29, 0.717) is 12.1 Å². The Hall–Kier alpha value is -1.10. The summed E-state index contributed by atoms with van der Waals surface area (Å²) in [4.78, 5) is 2.68. The fourth-order valence-electron chi connectivity index (χ4n) is 4.11. The third-order valence-corrected chi connectivity index (χ3v) is 5.69. The molecular formula is C20H30N2O2. The molecule has 2 saturated carbocycles. The number of hydrogen-bond donors (Lipinski definition) is 1. The molecule has 132 valence electrons. The van der Waals surface area contributed by atoms with Gasteiger partial charge in [-0.2, -0.15) is 0 Å². The molecule has 1 aromatic rings. The Morgan fingerprint density at radius 3 is 2.50 bits per heavy atom. The number of piperidine rings is 1. The van der Waals surface area contributed by atoms with E-state index < -0.39 is 0 Å². The summed E-state index contributed by atoms with van der Waals surface area (Å²) in [6.07, 6.45) is 6.80. The van der Waals surface area contributed by atoms with Crippen molar-refractivity contribution in [1.82, 2.24) is 10.2 Å². The van der Waals surface area contributed by atoms with Crippen LogP contribution >= 0.6 is 0 Å². The van der Waals surface area contributed by atoms with E-state index in [1.54, 1.807) is 0 Å². The zero-order valence-electron chi connectivity index (χ0n) is 14.7. The van der Waals surface area contributed by atoms with Crippen LogP contribution in [0, 0.1) is 0 Å². The summed E-state index contributed by atoms with van der Waals surface area (Å²) in [5.74, 6) is 0.947. The van der Waals surface area contributed by atoms with Gasteiger partial charge >= 0.3 is 0 Å². The van der Waals surface area contributed by atoms with E-state index in [0.717, 1.165) is 24.8 Å². The third-order valence-electron chi connectivity index (χ3n) is 5.69. The standard InChI is InChI=1S/C20H30N2O2/c1-2-23-19-14-18(20(19)24-17-6-4-3-5-7-17)21-15-10-12-22(13-11-15)16-8-9-16/h3-7,15-16,18-21H,2,8-14H2,1H3. The lowest BCUT2D eigenvalue weighted by molar-refractivity contribution is -0.105. The highest BCUT2D eigenvalue weighted by molar-refractivity contribution is 5.22. The van der Waals surface area contributed by atoms with Crippen molar-refractivity contribution >= 4 is 0 Å². The second-order valence-corrected chi connectivity index (χ2v) is 7.44. The van der Waals surface area contributed by atoms with Crippen molar-refractivity contribution in [3.63, 3.8) is 0 Å². The van der Waals surface area contributed by atoms with Crippen LogP contribution in [-0.2, 0) is 4.74 Å². The Morgan fingerprint density at radius 2 is 1.83 bits per heavy atom. The average molecular weight is 330 g/mol. The summed E-state index contributed by atoms with van der Waals surface area (Å²) in [6, 6.07) is 12.1. The van der Waals surface area contributed by atoms with E-state index in [2.05, 4.69) is 17.1 Å². The Labute approximate surface area is 145 Å². The molecule has 3 unspecified atom stereocenters. The van der Waals surface area contributed by atoms with E-state index in [4.69, 9.17) is 9.47 Å². The van der Waals surface area contributed by atoms with Crippen molar-refractivity contribution in [3.05, 3.63) is 30.3 Å². The van der Waals surface area contributed by atoms with Crippen LogP contribution in [0.5, 0.6) is 5.75 Å². The van der Waals surface area contributed by atoms with Gasteiger partial charge in [-0.15, -0.1) is 0 Å². The molecule has 1 aliphatic heterocycles. The van der Waals surface area contributed by atoms with Gasteiger partial charge in [0.05, 0.1) is 6.10 Å². The van der Waals surface area contributed by atoms with E-state index in [9.17, 15) is 0 Å². The molecule has 4 nitrogen and oxygen atoms in total. The highest BCUT2D eigenvalue weighted by Crippen LogP contribution is 2.32. The minimum absolute atomic E-state index is 0.133. The van der Waals surface area contributed by atoms with Gasteiger partial charge in [-0.3, -0.25) is 0 Å². The summed E-state index contributed by atoms with van der Waals surface area (Å²) >= 11 is 0. The maximum Gasteiger partial charge on any atom is 0.140 e. The summed E-state index contributed by atoms with van der Waals surface area (Å²) in [5.41, 5.74) is 0. The maximum atomic E-state index is 6.24. The minimum Gasteiger partial charge on any atom is -0.486 e. The number of nitrogens with zero attached hydrogens (tertiary/aromatic N) is 1. The first-order valence-corrected chi connectivity index (χ1v) is 9.67. The fourth-order valence-corrected chi connectivity index (χ4v) is 4.11. The molecule has 2 aliphatic carbocycles. The number of para-hydroxylation sites is 1. The quantitative estimate of drug-likeness (QED) is 0.833. The average Bonchev–Trinajstić information content (AvgIpc) is 3.45. The Kier molecular flexibility index (Phi) is 5.06. The van der Waals surface area contributed by atoms with Gasteiger partial charge in [-0.1, -0.05) is 18.2 Å². The van der Waals surface area contributed by atoms with E-state index in [1.165, 1.54) is 38.8 Å². The molecule has 3 atom stereocenters. The molecule has 0 amide bonds. The van der Waals surface area contributed by atoms with Gasteiger partial charge in [0, 0.05) is 24.7 Å². The predicted molar refractivity (Wildman–Crippen MR) is 95.4 cm³/mol. The lowest BCUT2D eigenvalue weighted by Crippen LogP contribution is -2.64. The molecule has 1 N–H and O–H groups in total. The first kappa shape index (κ1) is 16.4. The van der Waals surface area contributed by atoms with Crippen molar-refractivity contribution in [1.29, 1.82) is 0 Å². The van der Waals surface area contributed by atoms with Crippen molar-refractivity contribution in [3.8, 4) is 5.75 Å². The highest BCUT2D eigenvalue weighted by Gasteiger charge is 2.45. The summed E-state index contributed by atoms with van der Waals surface area (Å²) in [5, 5.41) is 3.86. The Morgan fingerprint density at radius 1 is 1.08 bits per heavy atom. The number of benzene rings is 1. The molecule has 3 fully saturated rings. The smallest absolute Gasteiger partial charge is 0.140 e. The Bertz CT molecular complexity index is 512. The third kappa shape index (κ3) is 3.76. The van der Waals surface area contributed by atoms with Gasteiger partial charge in [0.15, 0.2) is 0 Å². The van der Waals surface area contributed by atoms with Gasteiger partial charge in [0.1, 0.15) is 11.9 Å². The fraction of sp³-hybridized carbons (Fsp3) is 0.700. The molecule has 0 bridgehead atoms. The van der Waals surface area contributed by atoms with Crippen LogP contribution in [0.1, 0.15) is 39.0 Å². The molecule has 1 aromatic carbocycles. The maximum absolute atomic E-state index is 6.24. The van der Waals surface area contributed by atoms with Crippen molar-refractivity contribution in [2.75, 3.05) is 19.7 Å². The minimum atomic E-state index is 0.133. The zero-order chi connectivity index (χ0) is 16.4. The Balaban J connectivity index is 1.30. The van der Waals surface area contributed by atoms with Crippen molar-refractivity contribution < 1.29 is 9.47 Å². The molecule has 4 heteroatoms. The zero-order valence-corrected chi connectivity index (χ0v) is 14.7. The second-order valence-electron chi connectivity index (χ2n) is 7.44. The van der Waals surface area contributed by atoms with Gasteiger partial charge in [-0.25, -0.2) is 0 Å². The van der Waals surface area contributed by atoms with Crippen LogP contribution in [-0.4, -0.2) is 54.9 Å². The first-order chi connectivity index (χ1) is 11.8. The number of ether oxygens (including phenoxy) is 2. The molecule has 0 spiro atoms. The van der Waals surface area contributed by atoms with Gasteiger partial charge < -0.3 is 19.7 Å². The van der Waals surface area contributed by atoms with Crippen LogP contribution in [0.15, 0.2) is 30.3 Å². The number of nitrogens with one attached hydrogen (secondary N) is 1. The van der Waals surface area contributed by atoms with Gasteiger partial charge in [-0.05, 0) is 64.3 Å². The summed E-state index contributed by atoms with van der Waals surface area (Å²) in [7, 11) is 0. The van der Waals surface area contributed by atoms with Crippen LogP contribution in [0.4, 0.5) is 0 Å². The SMILES string of the molecule is CCOC1CC(NC2CCN(C3CC3)CC2)C1Oc1ccccc1. The molecule has 1 heterocycles. The largest absolute Gasteiger partial charge is 0.486 e. The number of hydrogen-bond acceptors (Lipinski definition) is 4. The first-order valence-electron chi connectivity index (χ1n) is 9.67. The molecule has 3 aliphatic rings. The normalized spacial score (nSPS) is 31.6. The molecule has 4 rings (SSSR count). The monoisotopic (exact) mass is 330 g/mol. The predicted octanol–water partition coefficient (Wildman–Crippen LogP) is 2.83. The highest BCUT2D eigenvalue weighted by atomic mass is 16.5. The molecule has 0 aromatic heterocycles. The van der Waals surface area contributed by atoms with Crippen LogP contribution in [0.3, 0.4) is 0 Å². The topological polar surface area (TPSA) is 33.7 Å². The van der Waals surface area contributed by atoms with Crippen molar-refractivity contribution in [2.45, 2.75) is 69.4 Å².